The summed E-state index contributed by atoms with van der Waals surface area (Å²) >= 11 is 0. The van der Waals surface area contributed by atoms with Crippen molar-refractivity contribution < 1.29 is 13.9 Å². The minimum absolute atomic E-state index is 0.0711. The number of H-pyrrole nitrogens is 1. The number of likely N-dealkylation sites (tertiary alicyclic amines) is 1. The van der Waals surface area contributed by atoms with Gasteiger partial charge in [-0.15, -0.1) is 0 Å². The molecule has 1 atom stereocenters. The van der Waals surface area contributed by atoms with Crippen LogP contribution in [0.4, 0.5) is 10.3 Å². The summed E-state index contributed by atoms with van der Waals surface area (Å²) in [6.45, 7) is 1.56. The van der Waals surface area contributed by atoms with Gasteiger partial charge in [-0.25, -0.2) is 14.4 Å². The van der Waals surface area contributed by atoms with Crippen molar-refractivity contribution in [1.29, 1.82) is 0 Å². The Morgan fingerprint density at radius 1 is 1.27 bits per heavy atom. The average Bonchev–Trinajstić information content (AvgIpc) is 3.42. The van der Waals surface area contributed by atoms with Crippen LogP contribution in [0.3, 0.4) is 0 Å². The SMILES string of the molecule is CN(C)c1ncc(C(=O)N2CC[C@@H](c3cc(COc4ccc(F)cc4)[nH]n3)C2)cn1. The molecule has 0 saturated carbocycles. The molecule has 1 aromatic carbocycles. The van der Waals surface area contributed by atoms with Gasteiger partial charge in [-0.1, -0.05) is 0 Å². The number of aromatic amines is 1. The molecular formula is C21H23FN6O2. The van der Waals surface area contributed by atoms with Crippen molar-refractivity contribution in [2.45, 2.75) is 18.9 Å². The van der Waals surface area contributed by atoms with Gasteiger partial charge in [0.25, 0.3) is 5.91 Å². The molecule has 4 rings (SSSR count). The molecule has 8 nitrogen and oxygen atoms in total. The van der Waals surface area contributed by atoms with E-state index in [1.807, 2.05) is 25.1 Å². The van der Waals surface area contributed by atoms with Crippen LogP contribution >= 0.6 is 0 Å². The van der Waals surface area contributed by atoms with Crippen LogP contribution in [0.15, 0.2) is 42.7 Å². The van der Waals surface area contributed by atoms with E-state index in [9.17, 15) is 9.18 Å². The highest BCUT2D eigenvalue weighted by Gasteiger charge is 2.29. The number of carbonyl (C=O) groups is 1. The minimum atomic E-state index is -0.299. The van der Waals surface area contributed by atoms with Gasteiger partial charge < -0.3 is 14.5 Å². The largest absolute Gasteiger partial charge is 0.487 e. The number of rotatable bonds is 6. The number of ether oxygens (including phenoxy) is 1. The molecule has 9 heteroatoms. The number of halogens is 1. The Morgan fingerprint density at radius 2 is 2.00 bits per heavy atom. The lowest BCUT2D eigenvalue weighted by molar-refractivity contribution is 0.0790. The highest BCUT2D eigenvalue weighted by Crippen LogP contribution is 2.27. The first kappa shape index (κ1) is 19.8. The fraction of sp³-hybridized carbons (Fsp3) is 0.333. The normalized spacial score (nSPS) is 16.0. The van der Waals surface area contributed by atoms with E-state index in [1.54, 1.807) is 29.4 Å². The number of nitrogens with zero attached hydrogens (tertiary/aromatic N) is 5. The third kappa shape index (κ3) is 4.40. The number of nitrogens with one attached hydrogen (secondary N) is 1. The van der Waals surface area contributed by atoms with Gasteiger partial charge in [0.1, 0.15) is 18.2 Å². The van der Waals surface area contributed by atoms with Gasteiger partial charge in [-0.05, 0) is 36.8 Å². The first-order valence-electron chi connectivity index (χ1n) is 9.71. The number of hydrogen-bond donors (Lipinski definition) is 1. The summed E-state index contributed by atoms with van der Waals surface area (Å²) in [7, 11) is 3.70. The Kier molecular flexibility index (Phi) is 5.60. The topological polar surface area (TPSA) is 87.2 Å². The predicted molar refractivity (Wildman–Crippen MR) is 109 cm³/mol. The zero-order chi connectivity index (χ0) is 21.1. The Labute approximate surface area is 173 Å². The summed E-state index contributed by atoms with van der Waals surface area (Å²) in [6, 6.07) is 7.84. The van der Waals surface area contributed by atoms with E-state index < -0.39 is 0 Å². The van der Waals surface area contributed by atoms with Crippen LogP contribution in [0.5, 0.6) is 5.75 Å². The number of carbonyl (C=O) groups excluding carboxylic acids is 1. The maximum Gasteiger partial charge on any atom is 0.257 e. The molecule has 2 aromatic heterocycles. The maximum absolute atomic E-state index is 13.0. The Bertz CT molecular complexity index is 1000. The predicted octanol–water partition coefficient (Wildman–Crippen LogP) is 2.61. The molecule has 1 saturated heterocycles. The van der Waals surface area contributed by atoms with Gasteiger partial charge in [0, 0.05) is 45.5 Å². The average molecular weight is 410 g/mol. The van der Waals surface area contributed by atoms with E-state index in [-0.39, 0.29) is 17.6 Å². The third-order valence-electron chi connectivity index (χ3n) is 5.04. The lowest BCUT2D eigenvalue weighted by Crippen LogP contribution is -2.29. The Morgan fingerprint density at radius 3 is 2.70 bits per heavy atom. The van der Waals surface area contributed by atoms with Crippen molar-refractivity contribution in [3.63, 3.8) is 0 Å². The fourth-order valence-corrected chi connectivity index (χ4v) is 3.39. The standard InChI is InChI=1S/C21H23FN6O2/c1-27(2)21-23-10-15(11-24-21)20(29)28-8-7-14(12-28)19-9-17(25-26-19)13-30-18-5-3-16(22)4-6-18/h3-6,9-11,14H,7-8,12-13H2,1-2H3,(H,25,26)/t14-/m1/s1. The van der Waals surface area contributed by atoms with Crippen molar-refractivity contribution >= 4 is 11.9 Å². The van der Waals surface area contributed by atoms with E-state index >= 15 is 0 Å². The summed E-state index contributed by atoms with van der Waals surface area (Å²) in [4.78, 5) is 24.8. The zero-order valence-corrected chi connectivity index (χ0v) is 16.9. The molecule has 0 spiro atoms. The van der Waals surface area contributed by atoms with E-state index in [4.69, 9.17) is 4.74 Å². The molecule has 1 aliphatic rings. The third-order valence-corrected chi connectivity index (χ3v) is 5.04. The van der Waals surface area contributed by atoms with Crippen LogP contribution < -0.4 is 9.64 Å². The zero-order valence-electron chi connectivity index (χ0n) is 16.9. The highest BCUT2D eigenvalue weighted by atomic mass is 19.1. The highest BCUT2D eigenvalue weighted by molar-refractivity contribution is 5.94. The van der Waals surface area contributed by atoms with E-state index in [0.29, 0.717) is 37.0 Å². The first-order chi connectivity index (χ1) is 14.5. The van der Waals surface area contributed by atoms with Crippen LogP contribution in [0.2, 0.25) is 0 Å². The smallest absolute Gasteiger partial charge is 0.257 e. The van der Waals surface area contributed by atoms with Gasteiger partial charge in [0.2, 0.25) is 5.95 Å². The number of anilines is 1. The second-order valence-electron chi connectivity index (χ2n) is 7.46. The minimum Gasteiger partial charge on any atom is -0.487 e. The summed E-state index contributed by atoms with van der Waals surface area (Å²) in [5.41, 5.74) is 2.21. The molecule has 0 unspecified atom stereocenters. The number of hydrogen-bond acceptors (Lipinski definition) is 6. The second-order valence-corrected chi connectivity index (χ2v) is 7.46. The van der Waals surface area contributed by atoms with Gasteiger partial charge in [-0.2, -0.15) is 5.10 Å². The molecule has 0 radical (unpaired) electrons. The Hall–Kier alpha value is -3.49. The molecule has 0 aliphatic carbocycles. The molecule has 1 N–H and O–H groups in total. The summed E-state index contributed by atoms with van der Waals surface area (Å²) in [5, 5.41) is 7.37. The van der Waals surface area contributed by atoms with Crippen molar-refractivity contribution in [1.82, 2.24) is 25.1 Å². The number of benzene rings is 1. The maximum atomic E-state index is 13.0. The van der Waals surface area contributed by atoms with Crippen molar-refractivity contribution in [2.24, 2.45) is 0 Å². The van der Waals surface area contributed by atoms with Crippen LogP contribution in [-0.4, -0.2) is 58.2 Å². The van der Waals surface area contributed by atoms with Crippen molar-refractivity contribution in [2.75, 3.05) is 32.1 Å². The first-order valence-corrected chi connectivity index (χ1v) is 9.71. The monoisotopic (exact) mass is 410 g/mol. The fourth-order valence-electron chi connectivity index (χ4n) is 3.39. The van der Waals surface area contributed by atoms with E-state index in [2.05, 4.69) is 20.2 Å². The van der Waals surface area contributed by atoms with Gasteiger partial charge in [0.15, 0.2) is 0 Å². The number of amides is 1. The van der Waals surface area contributed by atoms with E-state index in [0.717, 1.165) is 17.8 Å². The van der Waals surface area contributed by atoms with Crippen LogP contribution in [0.25, 0.3) is 0 Å². The molecular weight excluding hydrogens is 387 g/mol. The van der Waals surface area contributed by atoms with Gasteiger partial charge in [-0.3, -0.25) is 9.89 Å². The summed E-state index contributed by atoms with van der Waals surface area (Å²) in [6.07, 6.45) is 3.97. The van der Waals surface area contributed by atoms with Crippen LogP contribution in [-0.2, 0) is 6.61 Å². The Balaban J connectivity index is 1.34. The lowest BCUT2D eigenvalue weighted by Gasteiger charge is -2.16. The molecule has 156 valence electrons. The van der Waals surface area contributed by atoms with Crippen LogP contribution in [0, 0.1) is 5.82 Å². The van der Waals surface area contributed by atoms with Crippen molar-refractivity contribution in [3.8, 4) is 5.75 Å². The van der Waals surface area contributed by atoms with E-state index in [1.165, 1.54) is 12.1 Å². The molecule has 1 aliphatic heterocycles. The molecule has 3 heterocycles. The molecule has 3 aromatic rings. The summed E-state index contributed by atoms with van der Waals surface area (Å²) < 4.78 is 18.6. The quantitative estimate of drug-likeness (QED) is 0.672. The van der Waals surface area contributed by atoms with Crippen LogP contribution in [0.1, 0.15) is 34.1 Å². The molecule has 1 fully saturated rings. The van der Waals surface area contributed by atoms with Gasteiger partial charge in [0.05, 0.1) is 17.0 Å². The van der Waals surface area contributed by atoms with Gasteiger partial charge >= 0.3 is 0 Å². The molecule has 30 heavy (non-hydrogen) atoms. The second kappa shape index (κ2) is 8.48. The summed E-state index contributed by atoms with van der Waals surface area (Å²) in [5.74, 6) is 0.946. The van der Waals surface area contributed by atoms with Crippen molar-refractivity contribution in [3.05, 3.63) is 65.5 Å². The molecule has 1 amide bonds. The lowest BCUT2D eigenvalue weighted by atomic mass is 10.1. The number of aromatic nitrogens is 4. The molecule has 0 bridgehead atoms.